The van der Waals surface area contributed by atoms with Crippen molar-refractivity contribution < 1.29 is 21.6 Å². The first-order chi connectivity index (χ1) is 13.4. The molecule has 0 saturated carbocycles. The Morgan fingerprint density at radius 1 is 0.964 bits per heavy atom. The highest BCUT2D eigenvalue weighted by molar-refractivity contribution is 7.96. The van der Waals surface area contributed by atoms with Crippen LogP contribution in [0.4, 0.5) is 0 Å². The molecule has 144 valence electrons. The predicted octanol–water partition coefficient (Wildman–Crippen LogP) is 2.96. The number of pyridine rings is 1. The Labute approximate surface area is 163 Å². The molecule has 1 aliphatic heterocycles. The first-order valence-electron chi connectivity index (χ1n) is 8.55. The first kappa shape index (κ1) is 18.6. The third-order valence-electron chi connectivity index (χ3n) is 4.65. The van der Waals surface area contributed by atoms with Crippen molar-refractivity contribution in [1.29, 1.82) is 0 Å². The van der Waals surface area contributed by atoms with Crippen molar-refractivity contribution in [3.05, 3.63) is 84.2 Å². The van der Waals surface area contributed by atoms with Crippen molar-refractivity contribution in [2.24, 2.45) is 0 Å². The van der Waals surface area contributed by atoms with E-state index in [0.717, 1.165) is 5.56 Å². The fourth-order valence-corrected chi connectivity index (χ4v) is 7.53. The van der Waals surface area contributed by atoms with E-state index >= 15 is 0 Å². The van der Waals surface area contributed by atoms with Crippen LogP contribution in [0, 0.1) is 0 Å². The normalized spacial score (nSPS) is 17.8. The molecule has 2 aromatic carbocycles. The van der Waals surface area contributed by atoms with E-state index in [4.69, 9.17) is 4.74 Å². The molecule has 3 aromatic rings. The van der Waals surface area contributed by atoms with Gasteiger partial charge >= 0.3 is 0 Å². The van der Waals surface area contributed by atoms with Gasteiger partial charge in [0.25, 0.3) is 0 Å². The van der Waals surface area contributed by atoms with Gasteiger partial charge in [-0.1, -0.05) is 18.2 Å². The summed E-state index contributed by atoms with van der Waals surface area (Å²) in [5.41, 5.74) is 1.28. The highest BCUT2D eigenvalue weighted by Gasteiger charge is 2.42. The molecule has 2 heterocycles. The Hall–Kier alpha value is -2.71. The van der Waals surface area contributed by atoms with Crippen LogP contribution < -0.4 is 4.74 Å². The maximum Gasteiger partial charge on any atom is 0.186 e. The van der Waals surface area contributed by atoms with Gasteiger partial charge in [-0.25, -0.2) is 16.8 Å². The number of nitrogens with zero attached hydrogens (tertiary/aromatic N) is 1. The van der Waals surface area contributed by atoms with Gasteiger partial charge < -0.3 is 4.74 Å². The molecule has 1 aliphatic rings. The summed E-state index contributed by atoms with van der Waals surface area (Å²) in [6.07, 6.45) is 3.34. The van der Waals surface area contributed by atoms with Gasteiger partial charge in [-0.05, 0) is 53.6 Å². The Morgan fingerprint density at radius 3 is 2.36 bits per heavy atom. The summed E-state index contributed by atoms with van der Waals surface area (Å²) in [7, 11) is -7.45. The SMILES string of the molecule is O=S1(=O)CC(S(=O)(=O)c2ccc(OCc3ccncc3)cc2)c2ccccc21. The van der Waals surface area contributed by atoms with E-state index in [-0.39, 0.29) is 9.79 Å². The predicted molar refractivity (Wildman–Crippen MR) is 103 cm³/mol. The van der Waals surface area contributed by atoms with Gasteiger partial charge in [0.15, 0.2) is 19.7 Å². The molecular formula is C20H17NO5S2. The molecule has 1 aromatic heterocycles. The van der Waals surface area contributed by atoms with Crippen LogP contribution in [0.1, 0.15) is 16.4 Å². The molecule has 4 rings (SSSR count). The summed E-state index contributed by atoms with van der Waals surface area (Å²) in [5, 5.41) is -1.10. The molecule has 0 aliphatic carbocycles. The van der Waals surface area contributed by atoms with Crippen LogP contribution in [0.25, 0.3) is 0 Å². The van der Waals surface area contributed by atoms with Crippen molar-refractivity contribution in [2.45, 2.75) is 21.6 Å². The van der Waals surface area contributed by atoms with Gasteiger partial charge in [0.1, 0.15) is 17.6 Å². The molecular weight excluding hydrogens is 398 g/mol. The maximum atomic E-state index is 13.1. The molecule has 6 nitrogen and oxygen atoms in total. The molecule has 0 spiro atoms. The highest BCUT2D eigenvalue weighted by atomic mass is 32.2. The molecule has 0 bridgehead atoms. The third-order valence-corrected chi connectivity index (χ3v) is 8.78. The Kier molecular flexibility index (Phi) is 4.68. The fourth-order valence-electron chi connectivity index (χ4n) is 3.20. The standard InChI is InChI=1S/C20H17NO5S2/c22-27(23)14-20(18-3-1-2-4-19(18)27)28(24,25)17-7-5-16(6-8-17)26-13-15-9-11-21-12-10-15/h1-12,20H,13-14H2. The van der Waals surface area contributed by atoms with E-state index in [9.17, 15) is 16.8 Å². The second kappa shape index (κ2) is 7.03. The Balaban J connectivity index is 1.57. The van der Waals surface area contributed by atoms with E-state index in [1.165, 1.54) is 18.2 Å². The van der Waals surface area contributed by atoms with Crippen LogP contribution >= 0.6 is 0 Å². The molecule has 1 atom stereocenters. The second-order valence-corrected chi connectivity index (χ2v) is 10.6. The number of benzene rings is 2. The van der Waals surface area contributed by atoms with Crippen LogP contribution in [-0.2, 0) is 26.3 Å². The van der Waals surface area contributed by atoms with Crippen LogP contribution in [0.15, 0.2) is 82.8 Å². The van der Waals surface area contributed by atoms with Gasteiger partial charge in [-0.3, -0.25) is 4.98 Å². The summed E-state index contributed by atoms with van der Waals surface area (Å²) < 4.78 is 56.4. The van der Waals surface area contributed by atoms with Gasteiger partial charge in [-0.2, -0.15) is 0 Å². The number of fused-ring (bicyclic) bond motifs is 1. The van der Waals surface area contributed by atoms with E-state index in [0.29, 0.717) is 17.9 Å². The summed E-state index contributed by atoms with van der Waals surface area (Å²) in [5.74, 6) is 0.0878. The zero-order valence-corrected chi connectivity index (χ0v) is 16.4. The fraction of sp³-hybridized carbons (Fsp3) is 0.150. The Bertz CT molecular complexity index is 1200. The number of aromatic nitrogens is 1. The van der Waals surface area contributed by atoms with E-state index in [1.807, 2.05) is 12.1 Å². The molecule has 0 radical (unpaired) electrons. The van der Waals surface area contributed by atoms with Crippen LogP contribution in [0.3, 0.4) is 0 Å². The van der Waals surface area contributed by atoms with Crippen molar-refractivity contribution in [3.8, 4) is 5.75 Å². The van der Waals surface area contributed by atoms with E-state index in [1.54, 1.807) is 42.7 Å². The summed E-state index contributed by atoms with van der Waals surface area (Å²) >= 11 is 0. The molecule has 0 fully saturated rings. The molecule has 8 heteroatoms. The highest BCUT2D eigenvalue weighted by Crippen LogP contribution is 2.41. The van der Waals surface area contributed by atoms with E-state index in [2.05, 4.69) is 4.98 Å². The monoisotopic (exact) mass is 415 g/mol. The maximum absolute atomic E-state index is 13.1. The zero-order chi connectivity index (χ0) is 19.8. The topological polar surface area (TPSA) is 90.4 Å². The second-order valence-electron chi connectivity index (χ2n) is 6.47. The minimum Gasteiger partial charge on any atom is -0.489 e. The Morgan fingerprint density at radius 2 is 1.64 bits per heavy atom. The lowest BCUT2D eigenvalue weighted by Crippen LogP contribution is -2.15. The van der Waals surface area contributed by atoms with Gasteiger partial charge in [-0.15, -0.1) is 0 Å². The average molecular weight is 415 g/mol. The molecule has 0 amide bonds. The van der Waals surface area contributed by atoms with Crippen LogP contribution in [0.2, 0.25) is 0 Å². The van der Waals surface area contributed by atoms with Crippen molar-refractivity contribution in [3.63, 3.8) is 0 Å². The summed E-state index contributed by atoms with van der Waals surface area (Å²) in [6, 6.07) is 16.0. The van der Waals surface area contributed by atoms with E-state index < -0.39 is 30.7 Å². The molecule has 0 N–H and O–H groups in total. The average Bonchev–Trinajstić information content (AvgIpc) is 3.00. The minimum atomic E-state index is -3.85. The van der Waals surface area contributed by atoms with Crippen molar-refractivity contribution in [2.75, 3.05) is 5.75 Å². The van der Waals surface area contributed by atoms with Gasteiger partial charge in [0.2, 0.25) is 0 Å². The zero-order valence-electron chi connectivity index (χ0n) is 14.7. The minimum absolute atomic E-state index is 0.0701. The molecule has 28 heavy (non-hydrogen) atoms. The molecule has 0 saturated heterocycles. The lowest BCUT2D eigenvalue weighted by Gasteiger charge is -2.13. The smallest absolute Gasteiger partial charge is 0.186 e. The lowest BCUT2D eigenvalue weighted by atomic mass is 10.2. The first-order valence-corrected chi connectivity index (χ1v) is 11.8. The number of hydrogen-bond donors (Lipinski definition) is 0. The van der Waals surface area contributed by atoms with Crippen molar-refractivity contribution in [1.82, 2.24) is 4.98 Å². The number of rotatable bonds is 5. The summed E-state index contributed by atoms with van der Waals surface area (Å²) in [4.78, 5) is 4.11. The number of ether oxygens (including phenoxy) is 1. The quantitative estimate of drug-likeness (QED) is 0.636. The van der Waals surface area contributed by atoms with Gasteiger partial charge in [0, 0.05) is 12.4 Å². The lowest BCUT2D eigenvalue weighted by molar-refractivity contribution is 0.306. The number of sulfone groups is 2. The van der Waals surface area contributed by atoms with Crippen LogP contribution in [0.5, 0.6) is 5.75 Å². The summed E-state index contributed by atoms with van der Waals surface area (Å²) in [6.45, 7) is 0.336. The van der Waals surface area contributed by atoms with Crippen molar-refractivity contribution >= 4 is 19.7 Å². The third kappa shape index (κ3) is 3.41. The largest absolute Gasteiger partial charge is 0.489 e. The molecule has 1 unspecified atom stereocenters. The van der Waals surface area contributed by atoms with Crippen LogP contribution in [-0.4, -0.2) is 27.6 Å². The number of hydrogen-bond acceptors (Lipinski definition) is 6. The van der Waals surface area contributed by atoms with Gasteiger partial charge in [0.05, 0.1) is 15.5 Å².